The molecule has 0 fully saturated rings. The van der Waals surface area contributed by atoms with Crippen molar-refractivity contribution < 1.29 is 15.0 Å². The average molecular weight is 291 g/mol. The molecule has 0 amide bonds. The highest BCUT2D eigenvalue weighted by atomic mass is 16.4. The standard InChI is InChI=1S/C18H13NO3/c20-16-10-14(12-5-2-1-3-6-12)9-15(17(16)18(21)22)13-7-4-8-19-11-13/h1-11,20H,(H,21,22). The third-order valence-electron chi connectivity index (χ3n) is 3.41. The molecule has 2 N–H and O–H groups in total. The van der Waals surface area contributed by atoms with Crippen LogP contribution in [0.2, 0.25) is 0 Å². The first-order valence-electron chi connectivity index (χ1n) is 6.73. The SMILES string of the molecule is O=C(O)c1c(O)cc(-c2ccccc2)cc1-c1cccnc1. The molecule has 0 spiro atoms. The largest absolute Gasteiger partial charge is 0.507 e. The number of hydrogen-bond donors (Lipinski definition) is 2. The van der Waals surface area contributed by atoms with Gasteiger partial charge in [-0.3, -0.25) is 4.98 Å². The molecule has 0 unspecified atom stereocenters. The van der Waals surface area contributed by atoms with E-state index in [-0.39, 0.29) is 11.3 Å². The highest BCUT2D eigenvalue weighted by molar-refractivity contribution is 6.00. The first kappa shape index (κ1) is 13.8. The molecule has 1 heterocycles. The van der Waals surface area contributed by atoms with E-state index in [1.54, 1.807) is 30.6 Å². The zero-order valence-electron chi connectivity index (χ0n) is 11.6. The molecule has 2 aromatic carbocycles. The summed E-state index contributed by atoms with van der Waals surface area (Å²) in [5.41, 5.74) is 2.63. The molecule has 0 saturated carbocycles. The second kappa shape index (κ2) is 5.69. The fourth-order valence-corrected chi connectivity index (χ4v) is 2.40. The van der Waals surface area contributed by atoms with Gasteiger partial charge in [-0.15, -0.1) is 0 Å². The van der Waals surface area contributed by atoms with Gasteiger partial charge in [-0.05, 0) is 29.3 Å². The summed E-state index contributed by atoms with van der Waals surface area (Å²) >= 11 is 0. The molecular formula is C18H13NO3. The van der Waals surface area contributed by atoms with Gasteiger partial charge in [-0.1, -0.05) is 36.4 Å². The molecule has 0 saturated heterocycles. The van der Waals surface area contributed by atoms with Crippen LogP contribution in [0.1, 0.15) is 10.4 Å². The first-order chi connectivity index (χ1) is 10.7. The van der Waals surface area contributed by atoms with Crippen molar-refractivity contribution in [2.45, 2.75) is 0 Å². The van der Waals surface area contributed by atoms with Crippen LogP contribution in [0.5, 0.6) is 5.75 Å². The highest BCUT2D eigenvalue weighted by Crippen LogP contribution is 2.35. The van der Waals surface area contributed by atoms with Crippen molar-refractivity contribution in [1.82, 2.24) is 4.98 Å². The van der Waals surface area contributed by atoms with Crippen LogP contribution in [-0.4, -0.2) is 21.2 Å². The minimum absolute atomic E-state index is 0.118. The molecule has 0 bridgehead atoms. The minimum Gasteiger partial charge on any atom is -0.507 e. The predicted molar refractivity (Wildman–Crippen MR) is 83.7 cm³/mol. The van der Waals surface area contributed by atoms with Gasteiger partial charge in [0.05, 0.1) is 0 Å². The van der Waals surface area contributed by atoms with E-state index in [2.05, 4.69) is 4.98 Å². The van der Waals surface area contributed by atoms with Gasteiger partial charge in [-0.25, -0.2) is 4.79 Å². The molecule has 22 heavy (non-hydrogen) atoms. The first-order valence-corrected chi connectivity index (χ1v) is 6.73. The third-order valence-corrected chi connectivity index (χ3v) is 3.41. The number of aromatic carboxylic acids is 1. The van der Waals surface area contributed by atoms with Crippen molar-refractivity contribution >= 4 is 5.97 Å². The molecule has 108 valence electrons. The Hall–Kier alpha value is -3.14. The lowest BCUT2D eigenvalue weighted by atomic mass is 9.94. The zero-order chi connectivity index (χ0) is 15.5. The van der Waals surface area contributed by atoms with Crippen LogP contribution in [-0.2, 0) is 0 Å². The molecule has 4 heteroatoms. The number of pyridine rings is 1. The van der Waals surface area contributed by atoms with Crippen molar-refractivity contribution in [2.24, 2.45) is 0 Å². The van der Waals surface area contributed by atoms with E-state index in [1.807, 2.05) is 30.3 Å². The van der Waals surface area contributed by atoms with E-state index in [0.29, 0.717) is 11.1 Å². The summed E-state index contributed by atoms with van der Waals surface area (Å²) in [5.74, 6) is -1.43. The lowest BCUT2D eigenvalue weighted by molar-refractivity contribution is 0.0694. The second-order valence-electron chi connectivity index (χ2n) is 4.83. The Balaban J connectivity index is 2.26. The number of benzene rings is 2. The van der Waals surface area contributed by atoms with Gasteiger partial charge >= 0.3 is 5.97 Å². The van der Waals surface area contributed by atoms with E-state index >= 15 is 0 Å². The highest BCUT2D eigenvalue weighted by Gasteiger charge is 2.18. The number of rotatable bonds is 3. The number of carboxylic acids is 1. The van der Waals surface area contributed by atoms with Crippen LogP contribution < -0.4 is 0 Å². The van der Waals surface area contributed by atoms with Crippen molar-refractivity contribution in [1.29, 1.82) is 0 Å². The maximum atomic E-state index is 11.5. The summed E-state index contributed by atoms with van der Waals surface area (Å²) in [4.78, 5) is 15.5. The Bertz CT molecular complexity index is 814. The van der Waals surface area contributed by atoms with Gasteiger partial charge in [0, 0.05) is 23.5 Å². The summed E-state index contributed by atoms with van der Waals surface area (Å²) in [6.45, 7) is 0. The normalized spacial score (nSPS) is 10.4. The second-order valence-corrected chi connectivity index (χ2v) is 4.83. The maximum Gasteiger partial charge on any atom is 0.340 e. The third kappa shape index (κ3) is 2.54. The molecule has 3 aromatic rings. The van der Waals surface area contributed by atoms with Crippen LogP contribution in [0.25, 0.3) is 22.3 Å². The number of carbonyl (C=O) groups is 1. The number of hydrogen-bond acceptors (Lipinski definition) is 3. The monoisotopic (exact) mass is 291 g/mol. The van der Waals surface area contributed by atoms with Gasteiger partial charge in [0.25, 0.3) is 0 Å². The Morgan fingerprint density at radius 1 is 0.909 bits per heavy atom. The summed E-state index contributed by atoms with van der Waals surface area (Å²) in [6.07, 6.45) is 3.20. The summed E-state index contributed by atoms with van der Waals surface area (Å²) in [7, 11) is 0. The molecule has 0 radical (unpaired) electrons. The lowest BCUT2D eigenvalue weighted by Crippen LogP contribution is -2.01. The molecule has 0 aliphatic rings. The van der Waals surface area contributed by atoms with Crippen LogP contribution in [0.4, 0.5) is 0 Å². The number of nitrogens with zero attached hydrogens (tertiary/aromatic N) is 1. The number of carboxylic acid groups (broad SMARTS) is 1. The number of aromatic hydroxyl groups is 1. The quantitative estimate of drug-likeness (QED) is 0.769. The van der Waals surface area contributed by atoms with Crippen LogP contribution in [0.3, 0.4) is 0 Å². The topological polar surface area (TPSA) is 70.4 Å². The predicted octanol–water partition coefficient (Wildman–Crippen LogP) is 3.82. The molecule has 1 aromatic heterocycles. The van der Waals surface area contributed by atoms with Gasteiger partial charge < -0.3 is 10.2 Å². The summed E-state index contributed by atoms with van der Waals surface area (Å²) in [5, 5.41) is 19.6. The fraction of sp³-hybridized carbons (Fsp3) is 0. The Morgan fingerprint density at radius 2 is 1.64 bits per heavy atom. The van der Waals surface area contributed by atoms with Gasteiger partial charge in [0.15, 0.2) is 0 Å². The number of aromatic nitrogens is 1. The van der Waals surface area contributed by atoms with E-state index in [0.717, 1.165) is 11.1 Å². The van der Waals surface area contributed by atoms with Crippen molar-refractivity contribution in [3.63, 3.8) is 0 Å². The molecule has 0 aliphatic heterocycles. The van der Waals surface area contributed by atoms with Gasteiger partial charge in [-0.2, -0.15) is 0 Å². The van der Waals surface area contributed by atoms with Crippen LogP contribution in [0, 0.1) is 0 Å². The Labute approximate surface area is 127 Å². The smallest absolute Gasteiger partial charge is 0.340 e. The van der Waals surface area contributed by atoms with Crippen molar-refractivity contribution in [3.8, 4) is 28.0 Å². The Morgan fingerprint density at radius 3 is 2.27 bits per heavy atom. The summed E-state index contributed by atoms with van der Waals surface area (Å²) in [6, 6.07) is 16.2. The lowest BCUT2D eigenvalue weighted by Gasteiger charge is -2.11. The van der Waals surface area contributed by atoms with Gasteiger partial charge in [0.2, 0.25) is 0 Å². The Kier molecular flexibility index (Phi) is 3.58. The van der Waals surface area contributed by atoms with Crippen LogP contribution >= 0.6 is 0 Å². The van der Waals surface area contributed by atoms with E-state index in [9.17, 15) is 15.0 Å². The maximum absolute atomic E-state index is 11.5. The van der Waals surface area contributed by atoms with Gasteiger partial charge in [0.1, 0.15) is 11.3 Å². The molecule has 3 rings (SSSR count). The van der Waals surface area contributed by atoms with Crippen molar-refractivity contribution in [2.75, 3.05) is 0 Å². The number of phenols is 1. The summed E-state index contributed by atoms with van der Waals surface area (Å²) < 4.78 is 0. The van der Waals surface area contributed by atoms with Crippen molar-refractivity contribution in [3.05, 3.63) is 72.6 Å². The molecule has 4 nitrogen and oxygen atoms in total. The van der Waals surface area contributed by atoms with E-state index in [4.69, 9.17) is 0 Å². The average Bonchev–Trinajstić information content (AvgIpc) is 2.55. The minimum atomic E-state index is -1.17. The molecular weight excluding hydrogens is 278 g/mol. The fourth-order valence-electron chi connectivity index (χ4n) is 2.40. The van der Waals surface area contributed by atoms with E-state index in [1.165, 1.54) is 6.07 Å². The zero-order valence-corrected chi connectivity index (χ0v) is 11.6. The van der Waals surface area contributed by atoms with Crippen LogP contribution in [0.15, 0.2) is 67.0 Å². The van der Waals surface area contributed by atoms with E-state index < -0.39 is 5.97 Å². The molecule has 0 aliphatic carbocycles. The molecule has 0 atom stereocenters.